The quantitative estimate of drug-likeness (QED) is 0.906. The summed E-state index contributed by atoms with van der Waals surface area (Å²) in [6.07, 6.45) is 3.41. The van der Waals surface area contributed by atoms with Gasteiger partial charge in [0.15, 0.2) is 11.5 Å². The second kappa shape index (κ2) is 7.37. The van der Waals surface area contributed by atoms with Crippen molar-refractivity contribution >= 4 is 18.3 Å². The van der Waals surface area contributed by atoms with Crippen LogP contribution in [0.3, 0.4) is 0 Å². The average molecular weight is 365 g/mol. The normalized spacial score (nSPS) is 18.8. The van der Waals surface area contributed by atoms with Gasteiger partial charge in [-0.25, -0.2) is 0 Å². The smallest absolute Gasteiger partial charge is 0.257 e. The predicted molar refractivity (Wildman–Crippen MR) is 94.3 cm³/mol. The van der Waals surface area contributed by atoms with Crippen molar-refractivity contribution in [2.75, 3.05) is 19.8 Å². The lowest BCUT2D eigenvalue weighted by atomic mass is 10.0. The summed E-state index contributed by atoms with van der Waals surface area (Å²) in [4.78, 5) is 14.7. The van der Waals surface area contributed by atoms with Gasteiger partial charge in [0.25, 0.3) is 5.91 Å². The molecular weight excluding hydrogens is 344 g/mol. The van der Waals surface area contributed by atoms with Crippen LogP contribution in [0.5, 0.6) is 11.5 Å². The summed E-state index contributed by atoms with van der Waals surface area (Å²) in [6.45, 7) is 2.16. The van der Waals surface area contributed by atoms with E-state index in [-0.39, 0.29) is 24.4 Å². The second-order valence-electron chi connectivity index (χ2n) is 6.07. The number of nitrogens with zero attached hydrogens (tertiary/aromatic N) is 1. The molecule has 1 aromatic heterocycles. The summed E-state index contributed by atoms with van der Waals surface area (Å²) in [5.74, 6) is 2.12. The van der Waals surface area contributed by atoms with Gasteiger partial charge in [-0.2, -0.15) is 0 Å². The van der Waals surface area contributed by atoms with Crippen LogP contribution in [0.4, 0.5) is 0 Å². The van der Waals surface area contributed by atoms with Gasteiger partial charge in [0, 0.05) is 6.54 Å². The highest BCUT2D eigenvalue weighted by atomic mass is 35.5. The molecule has 2 aliphatic rings. The number of halogens is 1. The van der Waals surface area contributed by atoms with Gasteiger partial charge < -0.3 is 24.5 Å². The van der Waals surface area contributed by atoms with Gasteiger partial charge in [-0.15, -0.1) is 12.4 Å². The van der Waals surface area contributed by atoms with Crippen LogP contribution in [0.15, 0.2) is 34.9 Å². The van der Waals surface area contributed by atoms with Crippen LogP contribution in [0.25, 0.3) is 0 Å². The molecule has 0 radical (unpaired) electrons. The van der Waals surface area contributed by atoms with E-state index in [1.807, 2.05) is 23.1 Å². The Bertz CT molecular complexity index is 761. The molecule has 1 atom stereocenters. The maximum atomic E-state index is 12.8. The zero-order valence-electron chi connectivity index (χ0n) is 13.8. The summed E-state index contributed by atoms with van der Waals surface area (Å²) in [5, 5.41) is 0. The van der Waals surface area contributed by atoms with E-state index in [0.717, 1.165) is 36.4 Å². The summed E-state index contributed by atoms with van der Waals surface area (Å²) in [5.41, 5.74) is 7.19. The number of rotatable bonds is 3. The molecule has 1 fully saturated rings. The van der Waals surface area contributed by atoms with E-state index in [0.29, 0.717) is 31.1 Å². The van der Waals surface area contributed by atoms with E-state index >= 15 is 0 Å². The van der Waals surface area contributed by atoms with Gasteiger partial charge in [-0.1, -0.05) is 6.07 Å². The van der Waals surface area contributed by atoms with Crippen molar-refractivity contribution in [3.05, 3.63) is 47.4 Å². The fourth-order valence-electron chi connectivity index (χ4n) is 3.39. The third-order valence-corrected chi connectivity index (χ3v) is 4.57. The number of nitrogens with two attached hydrogens (primary N) is 1. The van der Waals surface area contributed by atoms with E-state index in [1.165, 1.54) is 6.26 Å². The maximum absolute atomic E-state index is 12.8. The Morgan fingerprint density at radius 2 is 2.00 bits per heavy atom. The van der Waals surface area contributed by atoms with Gasteiger partial charge in [-0.05, 0) is 36.6 Å². The molecule has 0 spiro atoms. The molecule has 0 aliphatic carbocycles. The lowest BCUT2D eigenvalue weighted by molar-refractivity contribution is 0.0734. The monoisotopic (exact) mass is 364 g/mol. The third-order valence-electron chi connectivity index (χ3n) is 4.57. The van der Waals surface area contributed by atoms with Gasteiger partial charge in [-0.3, -0.25) is 4.79 Å². The number of likely N-dealkylation sites (tertiary alicyclic amines) is 1. The van der Waals surface area contributed by atoms with Gasteiger partial charge in [0.2, 0.25) is 0 Å². The molecular formula is C18H21ClN2O4. The first-order valence-corrected chi connectivity index (χ1v) is 8.24. The Morgan fingerprint density at radius 3 is 2.76 bits per heavy atom. The number of carbonyl (C=O) groups is 1. The molecule has 1 unspecified atom stereocenters. The van der Waals surface area contributed by atoms with E-state index in [1.54, 1.807) is 6.07 Å². The average Bonchev–Trinajstić information content (AvgIpc) is 3.30. The van der Waals surface area contributed by atoms with Crippen molar-refractivity contribution in [1.82, 2.24) is 4.90 Å². The second-order valence-corrected chi connectivity index (χ2v) is 6.07. The molecule has 0 bridgehead atoms. The Labute approximate surface area is 152 Å². The Hall–Kier alpha value is -2.18. The predicted octanol–water partition coefficient (Wildman–Crippen LogP) is 2.91. The Balaban J connectivity index is 0.00000182. The van der Waals surface area contributed by atoms with Crippen molar-refractivity contribution in [1.29, 1.82) is 0 Å². The van der Waals surface area contributed by atoms with Crippen molar-refractivity contribution in [2.24, 2.45) is 5.73 Å². The number of furan rings is 1. The molecule has 4 rings (SSSR count). The maximum Gasteiger partial charge on any atom is 0.257 e. The molecule has 2 aliphatic heterocycles. The van der Waals surface area contributed by atoms with Crippen molar-refractivity contribution in [3.8, 4) is 11.5 Å². The summed E-state index contributed by atoms with van der Waals surface area (Å²) >= 11 is 0. The van der Waals surface area contributed by atoms with Crippen LogP contribution < -0.4 is 15.2 Å². The molecule has 2 N–H and O–H groups in total. The fraction of sp³-hybridized carbons (Fsp3) is 0.389. The van der Waals surface area contributed by atoms with Crippen LogP contribution in [-0.4, -0.2) is 30.6 Å². The first-order chi connectivity index (χ1) is 11.8. The topological polar surface area (TPSA) is 77.9 Å². The minimum atomic E-state index is -0.0177. The molecule has 0 saturated carbocycles. The van der Waals surface area contributed by atoms with Crippen molar-refractivity contribution in [2.45, 2.75) is 25.4 Å². The molecule has 2 aromatic rings. The summed E-state index contributed by atoms with van der Waals surface area (Å²) in [6, 6.07) is 7.71. The minimum absolute atomic E-state index is 0. The van der Waals surface area contributed by atoms with E-state index in [2.05, 4.69) is 0 Å². The Morgan fingerprint density at radius 1 is 1.20 bits per heavy atom. The number of ether oxygens (including phenoxy) is 2. The van der Waals surface area contributed by atoms with Gasteiger partial charge in [0.05, 0.1) is 18.2 Å². The lowest BCUT2D eigenvalue weighted by Crippen LogP contribution is -2.30. The molecule has 25 heavy (non-hydrogen) atoms. The molecule has 134 valence electrons. The highest BCUT2D eigenvalue weighted by Crippen LogP contribution is 2.38. The van der Waals surface area contributed by atoms with Gasteiger partial charge >= 0.3 is 0 Å². The minimum Gasteiger partial charge on any atom is -0.486 e. The van der Waals surface area contributed by atoms with Crippen LogP contribution >= 0.6 is 12.4 Å². The number of hydrogen-bond donors (Lipinski definition) is 1. The summed E-state index contributed by atoms with van der Waals surface area (Å²) < 4.78 is 16.5. The summed E-state index contributed by atoms with van der Waals surface area (Å²) in [7, 11) is 0. The van der Waals surface area contributed by atoms with E-state index in [4.69, 9.17) is 19.6 Å². The highest BCUT2D eigenvalue weighted by molar-refractivity contribution is 5.94. The highest BCUT2D eigenvalue weighted by Gasteiger charge is 2.32. The van der Waals surface area contributed by atoms with Crippen LogP contribution in [-0.2, 0) is 6.54 Å². The molecule has 7 heteroatoms. The first kappa shape index (κ1) is 17.6. The zero-order chi connectivity index (χ0) is 16.5. The molecule has 1 amide bonds. The number of fused-ring (bicyclic) bond motifs is 1. The zero-order valence-corrected chi connectivity index (χ0v) is 14.6. The molecule has 3 heterocycles. The number of hydrogen-bond acceptors (Lipinski definition) is 5. The number of benzene rings is 1. The molecule has 6 nitrogen and oxygen atoms in total. The number of carbonyl (C=O) groups excluding carboxylic acids is 1. The number of amides is 1. The Kier molecular flexibility index (Phi) is 5.20. The molecule has 1 saturated heterocycles. The van der Waals surface area contributed by atoms with Crippen molar-refractivity contribution < 1.29 is 18.7 Å². The SMILES string of the molecule is Cl.NCc1cc(C(=O)N2CCCC2c2ccc3c(c2)OCCO3)co1. The first-order valence-electron chi connectivity index (χ1n) is 8.24. The van der Waals surface area contributed by atoms with Crippen LogP contribution in [0.1, 0.15) is 40.6 Å². The van der Waals surface area contributed by atoms with Crippen molar-refractivity contribution in [3.63, 3.8) is 0 Å². The third kappa shape index (κ3) is 3.32. The standard InChI is InChI=1S/C18H20N2O4.ClH/c19-10-14-8-13(11-24-14)18(21)20-5-1-2-15(20)12-3-4-16-17(9-12)23-7-6-22-16;/h3-4,8-9,11,15H,1-2,5-7,10,19H2;1H. The lowest BCUT2D eigenvalue weighted by Gasteiger charge is -2.26. The van der Waals surface area contributed by atoms with E-state index in [9.17, 15) is 4.79 Å². The van der Waals surface area contributed by atoms with Crippen LogP contribution in [0, 0.1) is 0 Å². The molecule has 1 aromatic carbocycles. The van der Waals surface area contributed by atoms with Gasteiger partial charge in [0.1, 0.15) is 25.2 Å². The fourth-order valence-corrected chi connectivity index (χ4v) is 3.39. The van der Waals surface area contributed by atoms with Crippen LogP contribution in [0.2, 0.25) is 0 Å². The van der Waals surface area contributed by atoms with E-state index < -0.39 is 0 Å². The largest absolute Gasteiger partial charge is 0.486 e.